The van der Waals surface area contributed by atoms with E-state index in [1.165, 1.54) is 56.1 Å². The highest BCUT2D eigenvalue weighted by Gasteiger charge is 2.75. The predicted molar refractivity (Wildman–Crippen MR) is 157 cm³/mol. The Balaban J connectivity index is 1.05. The molecule has 2 aromatic rings. The van der Waals surface area contributed by atoms with Gasteiger partial charge in [-0.1, -0.05) is 24.3 Å². The van der Waals surface area contributed by atoms with Crippen LogP contribution in [0.4, 0.5) is 11.4 Å². The van der Waals surface area contributed by atoms with Crippen LogP contribution in [-0.2, 0) is 15.0 Å². The van der Waals surface area contributed by atoms with Crippen LogP contribution in [0.5, 0.6) is 0 Å². The molecule has 4 saturated carbocycles. The summed E-state index contributed by atoms with van der Waals surface area (Å²) in [5.74, 6) is 5.18. The van der Waals surface area contributed by atoms with Crippen molar-refractivity contribution in [2.75, 3.05) is 49.9 Å². The first-order valence-corrected chi connectivity index (χ1v) is 15.8. The highest BCUT2D eigenvalue weighted by molar-refractivity contribution is 5.93. The second-order valence-corrected chi connectivity index (χ2v) is 13.7. The standard InChI is InChI=1S/C34H42N4O2/c39-30(20-37-13-1-2-14-37)35-26-9-5-24(6-10-26)34(28-18-22-17-23-19-29(34)32(22)33(23)28)25-7-11-27(12-8-25)36-31(40)21-38-15-3-4-16-38/h5-12,22-23,28-29,32-33H,1-4,13-21H2,(H,35,39)(H,36,40). The first-order chi connectivity index (χ1) is 19.6. The summed E-state index contributed by atoms with van der Waals surface area (Å²) >= 11 is 0. The molecular formula is C34H42N4O2. The van der Waals surface area contributed by atoms with Crippen molar-refractivity contribution in [3.05, 3.63) is 59.7 Å². The van der Waals surface area contributed by atoms with E-state index in [1.807, 2.05) is 0 Å². The molecule has 2 saturated heterocycles. The Morgan fingerprint density at radius 1 is 0.625 bits per heavy atom. The summed E-state index contributed by atoms with van der Waals surface area (Å²) in [5, 5.41) is 6.30. The fourth-order valence-corrected chi connectivity index (χ4v) is 10.6. The molecule has 6 aliphatic rings. The lowest BCUT2D eigenvalue weighted by molar-refractivity contribution is -0.117. The monoisotopic (exact) mass is 538 g/mol. The molecule has 8 rings (SSSR count). The van der Waals surface area contributed by atoms with Crippen molar-refractivity contribution in [1.29, 1.82) is 0 Å². The van der Waals surface area contributed by atoms with E-state index in [0.717, 1.165) is 61.2 Å². The Bertz CT molecular complexity index is 1180. The lowest BCUT2D eigenvalue weighted by Gasteiger charge is -2.53. The van der Waals surface area contributed by atoms with Crippen LogP contribution in [0.1, 0.15) is 56.1 Å². The maximum absolute atomic E-state index is 12.7. The Labute approximate surface area is 237 Å². The fraction of sp³-hybridized carbons (Fsp3) is 0.588. The molecule has 6 atom stereocenters. The maximum atomic E-state index is 12.7. The van der Waals surface area contributed by atoms with Gasteiger partial charge in [0.05, 0.1) is 13.1 Å². The van der Waals surface area contributed by atoms with Crippen molar-refractivity contribution in [3.63, 3.8) is 0 Å². The van der Waals surface area contributed by atoms with Gasteiger partial charge in [-0.05, 0) is 142 Å². The zero-order valence-corrected chi connectivity index (χ0v) is 23.5. The van der Waals surface area contributed by atoms with Crippen LogP contribution in [-0.4, -0.2) is 60.9 Å². The molecule has 0 spiro atoms. The predicted octanol–water partition coefficient (Wildman–Crippen LogP) is 4.96. The number of amides is 2. The van der Waals surface area contributed by atoms with Gasteiger partial charge < -0.3 is 10.6 Å². The van der Waals surface area contributed by atoms with Crippen molar-refractivity contribution in [2.24, 2.45) is 35.5 Å². The second kappa shape index (κ2) is 9.70. The third-order valence-corrected chi connectivity index (χ3v) is 11.8. The molecule has 2 aromatic carbocycles. The van der Waals surface area contributed by atoms with Crippen LogP contribution in [0, 0.1) is 35.5 Å². The highest BCUT2D eigenvalue weighted by atomic mass is 16.2. The Kier molecular flexibility index (Phi) is 6.07. The number of hydrogen-bond acceptors (Lipinski definition) is 4. The minimum Gasteiger partial charge on any atom is -0.325 e. The summed E-state index contributed by atoms with van der Waals surface area (Å²) in [6.07, 6.45) is 8.95. The SMILES string of the molecule is O=C(CN1CCCC1)Nc1ccc(C2(c3ccc(NC(=O)CN4CCCC4)cc3)C3CC4CC5CC2C4C53)cc1. The normalized spacial score (nSPS) is 33.3. The smallest absolute Gasteiger partial charge is 0.238 e. The van der Waals surface area contributed by atoms with Crippen molar-refractivity contribution in [2.45, 2.75) is 50.4 Å². The van der Waals surface area contributed by atoms with Crippen molar-refractivity contribution >= 4 is 23.2 Å². The molecule has 2 heterocycles. The number of likely N-dealkylation sites (tertiary alicyclic amines) is 2. The van der Waals surface area contributed by atoms with Gasteiger partial charge in [0.25, 0.3) is 0 Å². The number of nitrogens with one attached hydrogen (secondary N) is 2. The lowest BCUT2D eigenvalue weighted by Crippen LogP contribution is -2.49. The van der Waals surface area contributed by atoms with E-state index in [4.69, 9.17) is 0 Å². The minimum atomic E-state index is 0.0406. The number of hydrogen-bond donors (Lipinski definition) is 2. The first-order valence-electron chi connectivity index (χ1n) is 15.8. The second-order valence-electron chi connectivity index (χ2n) is 13.7. The van der Waals surface area contributed by atoms with Crippen LogP contribution in [0.15, 0.2) is 48.5 Å². The number of nitrogens with zero attached hydrogens (tertiary/aromatic N) is 2. The van der Waals surface area contributed by atoms with Gasteiger partial charge >= 0.3 is 0 Å². The third-order valence-electron chi connectivity index (χ3n) is 11.8. The summed E-state index contributed by atoms with van der Waals surface area (Å²) < 4.78 is 0. The molecular weight excluding hydrogens is 496 g/mol. The van der Waals surface area contributed by atoms with Gasteiger partial charge in [0.15, 0.2) is 0 Å². The average molecular weight is 539 g/mol. The number of carbonyl (C=O) groups is 2. The molecule has 2 aliphatic heterocycles. The summed E-state index contributed by atoms with van der Waals surface area (Å²) in [5.41, 5.74) is 4.67. The molecule has 6 fully saturated rings. The number of rotatable bonds is 8. The molecule has 6 bridgehead atoms. The Morgan fingerprint density at radius 2 is 1.02 bits per heavy atom. The van der Waals surface area contributed by atoms with E-state index in [9.17, 15) is 9.59 Å². The lowest BCUT2D eigenvalue weighted by atomic mass is 9.50. The Morgan fingerprint density at radius 3 is 1.43 bits per heavy atom. The van der Waals surface area contributed by atoms with Gasteiger partial charge in [-0.3, -0.25) is 19.4 Å². The number of benzene rings is 2. The average Bonchev–Trinajstić information content (AvgIpc) is 3.79. The van der Waals surface area contributed by atoms with Gasteiger partial charge in [0.2, 0.25) is 11.8 Å². The molecule has 6 nitrogen and oxygen atoms in total. The molecule has 0 radical (unpaired) electrons. The molecule has 6 heteroatoms. The molecule has 2 N–H and O–H groups in total. The van der Waals surface area contributed by atoms with Crippen LogP contribution in [0.3, 0.4) is 0 Å². The highest BCUT2D eigenvalue weighted by Crippen LogP contribution is 2.80. The molecule has 210 valence electrons. The summed E-state index contributed by atoms with van der Waals surface area (Å²) in [4.78, 5) is 29.8. The zero-order chi connectivity index (χ0) is 26.8. The van der Waals surface area contributed by atoms with Crippen molar-refractivity contribution in [1.82, 2.24) is 9.80 Å². The van der Waals surface area contributed by atoms with E-state index in [0.29, 0.717) is 24.9 Å². The van der Waals surface area contributed by atoms with Crippen LogP contribution >= 0.6 is 0 Å². The number of anilines is 2. The van der Waals surface area contributed by atoms with Gasteiger partial charge in [0.1, 0.15) is 0 Å². The summed E-state index contributed by atoms with van der Waals surface area (Å²) in [7, 11) is 0. The van der Waals surface area contributed by atoms with Crippen LogP contribution < -0.4 is 10.6 Å². The van der Waals surface area contributed by atoms with E-state index in [2.05, 4.69) is 69.0 Å². The zero-order valence-electron chi connectivity index (χ0n) is 23.5. The van der Waals surface area contributed by atoms with Crippen molar-refractivity contribution < 1.29 is 9.59 Å². The van der Waals surface area contributed by atoms with E-state index < -0.39 is 0 Å². The maximum Gasteiger partial charge on any atom is 0.238 e. The van der Waals surface area contributed by atoms with Gasteiger partial charge in [-0.2, -0.15) is 0 Å². The van der Waals surface area contributed by atoms with Crippen LogP contribution in [0.2, 0.25) is 0 Å². The fourth-order valence-electron chi connectivity index (χ4n) is 10.6. The molecule has 0 aromatic heterocycles. The van der Waals surface area contributed by atoms with E-state index in [1.54, 1.807) is 0 Å². The topological polar surface area (TPSA) is 64.7 Å². The summed E-state index contributed by atoms with van der Waals surface area (Å²) in [6, 6.07) is 17.7. The quantitative estimate of drug-likeness (QED) is 0.499. The van der Waals surface area contributed by atoms with Gasteiger partial charge in [-0.15, -0.1) is 0 Å². The minimum absolute atomic E-state index is 0.0406. The molecule has 2 amide bonds. The summed E-state index contributed by atoms with van der Waals surface area (Å²) in [6.45, 7) is 5.10. The van der Waals surface area contributed by atoms with Gasteiger partial charge in [0, 0.05) is 16.8 Å². The third kappa shape index (κ3) is 3.89. The first kappa shape index (κ1) is 25.0. The van der Waals surface area contributed by atoms with Crippen LogP contribution in [0.25, 0.3) is 0 Å². The molecule has 4 aliphatic carbocycles. The molecule has 40 heavy (non-hydrogen) atoms. The number of carbonyl (C=O) groups excluding carboxylic acids is 2. The van der Waals surface area contributed by atoms with E-state index >= 15 is 0 Å². The van der Waals surface area contributed by atoms with Gasteiger partial charge in [-0.25, -0.2) is 0 Å². The largest absolute Gasteiger partial charge is 0.325 e. The van der Waals surface area contributed by atoms with E-state index in [-0.39, 0.29) is 17.2 Å². The molecule has 6 unspecified atom stereocenters. The Hall–Kier alpha value is -2.70. The van der Waals surface area contributed by atoms with Crippen molar-refractivity contribution in [3.8, 4) is 0 Å².